The monoisotopic (exact) mass is 820 g/mol. The van der Waals surface area contributed by atoms with Crippen molar-refractivity contribution < 1.29 is 63.9 Å². The van der Waals surface area contributed by atoms with Gasteiger partial charge in [0.25, 0.3) is 0 Å². The fourth-order valence-electron chi connectivity index (χ4n) is 4.92. The number of hydrogen-bond donors (Lipinski definition) is 0. The van der Waals surface area contributed by atoms with Crippen LogP contribution in [-0.4, -0.2) is 29.3 Å². The van der Waals surface area contributed by atoms with Gasteiger partial charge in [-0.1, -0.05) is 0 Å². The minimum absolute atomic E-state index is 0. The SMILES string of the molecule is Cc1ccccc1N1CCN(c2ccccc2C)C1[C@H](Oc1ccccc1[CH]=[Ru+])Sc1c(Cl)ccc(Cl)c1[S-].[Pr]. The summed E-state index contributed by atoms with van der Waals surface area (Å²) >= 11 is 23.1. The summed E-state index contributed by atoms with van der Waals surface area (Å²) in [5.41, 5.74) is 5.37. The van der Waals surface area contributed by atoms with E-state index in [0.29, 0.717) is 14.9 Å². The summed E-state index contributed by atoms with van der Waals surface area (Å²) < 4.78 is 8.94. The van der Waals surface area contributed by atoms with Crippen LogP contribution < -0.4 is 14.5 Å². The Hall–Kier alpha value is -0.713. The molecule has 1 radical (unpaired) electrons. The van der Waals surface area contributed by atoms with Crippen molar-refractivity contribution >= 4 is 63.6 Å². The molecule has 0 amide bonds. The van der Waals surface area contributed by atoms with E-state index in [9.17, 15) is 0 Å². The largest absolute Gasteiger partial charge is 0 e. The molecule has 40 heavy (non-hydrogen) atoms. The standard InChI is InChI=1S/C31H28Cl2N2OS2.Pr.Ru/c1-20-10-4-7-13-25(20)34-18-19-35(26-14-8-5-11-21(26)2)30(34)31(36-27-15-9-6-12-22(27)3)38-29-24(33)17-16-23(32)28(29)37;;/h3-17,30-31,37H,18-19H2,1-2H3;;/q;;+1/p-1/t31-;;/m1../s1. The average Bonchev–Trinajstić information content (AvgIpc) is 3.38. The zero-order chi connectivity index (χ0) is 27.5. The van der Waals surface area contributed by atoms with E-state index in [0.717, 1.165) is 29.3 Å². The molecule has 1 heterocycles. The van der Waals surface area contributed by atoms with Crippen LogP contribution in [0, 0.1) is 55.1 Å². The molecule has 3 nitrogen and oxygen atoms in total. The third-order valence-corrected chi connectivity index (χ3v) is 10.0. The van der Waals surface area contributed by atoms with Crippen LogP contribution in [0.3, 0.4) is 0 Å². The number of ether oxygens (including phenoxy) is 1. The molecule has 0 N–H and O–H groups in total. The van der Waals surface area contributed by atoms with Gasteiger partial charge in [0.15, 0.2) is 0 Å². The van der Waals surface area contributed by atoms with Crippen LogP contribution in [0.4, 0.5) is 11.4 Å². The fraction of sp³-hybridized carbons (Fsp3) is 0.194. The topological polar surface area (TPSA) is 15.7 Å². The molecule has 4 aromatic rings. The summed E-state index contributed by atoms with van der Waals surface area (Å²) in [7, 11) is 0. The Balaban J connectivity index is 0.00000370. The van der Waals surface area contributed by atoms with Crippen LogP contribution in [0.25, 0.3) is 0 Å². The number of rotatable bonds is 8. The van der Waals surface area contributed by atoms with Crippen LogP contribution >= 0.6 is 35.0 Å². The van der Waals surface area contributed by atoms with Crippen molar-refractivity contribution in [2.45, 2.75) is 35.2 Å². The van der Waals surface area contributed by atoms with E-state index in [4.69, 9.17) is 40.6 Å². The second-order valence-corrected chi connectivity index (χ2v) is 12.1. The summed E-state index contributed by atoms with van der Waals surface area (Å²) in [4.78, 5) is 6.17. The first-order valence-corrected chi connectivity index (χ1v) is 15.6. The summed E-state index contributed by atoms with van der Waals surface area (Å²) in [6.45, 7) is 5.98. The molecule has 0 saturated carbocycles. The predicted molar refractivity (Wildman–Crippen MR) is 165 cm³/mol. The van der Waals surface area contributed by atoms with E-state index in [2.05, 4.69) is 90.0 Å². The number of thioether (sulfide) groups is 1. The molecule has 0 bridgehead atoms. The summed E-state index contributed by atoms with van der Waals surface area (Å²) in [5, 5.41) is 1.07. The second kappa shape index (κ2) is 14.6. The Labute approximate surface area is 299 Å². The zero-order valence-electron chi connectivity index (χ0n) is 22.0. The number of hydrogen-bond acceptors (Lipinski definition) is 5. The first-order valence-electron chi connectivity index (χ1n) is 12.5. The number of aryl methyl sites for hydroxylation is 2. The van der Waals surface area contributed by atoms with Gasteiger partial charge in [-0.25, -0.2) is 0 Å². The van der Waals surface area contributed by atoms with Gasteiger partial charge in [0, 0.05) is 41.3 Å². The zero-order valence-corrected chi connectivity index (χ0v) is 30.6. The molecule has 1 fully saturated rings. The number of benzene rings is 4. The maximum absolute atomic E-state index is 6.95. The van der Waals surface area contributed by atoms with Crippen molar-refractivity contribution in [3.8, 4) is 5.75 Å². The maximum Gasteiger partial charge on any atom is 0 e. The van der Waals surface area contributed by atoms with Crippen molar-refractivity contribution in [1.29, 1.82) is 0 Å². The molecule has 0 aromatic heterocycles. The summed E-state index contributed by atoms with van der Waals surface area (Å²) in [5.74, 6) is 0.791. The molecular weight excluding hydrogens is 793 g/mol. The van der Waals surface area contributed by atoms with E-state index >= 15 is 0 Å². The Kier molecular flexibility index (Phi) is 11.8. The third-order valence-electron chi connectivity index (χ3n) is 6.84. The summed E-state index contributed by atoms with van der Waals surface area (Å²) in [6, 6.07) is 28.6. The number of nitrogens with zero attached hydrogens (tertiary/aromatic N) is 2. The maximum atomic E-state index is 6.95. The van der Waals surface area contributed by atoms with E-state index in [1.807, 2.05) is 28.9 Å². The van der Waals surface area contributed by atoms with Gasteiger partial charge in [-0.2, -0.15) is 0 Å². The van der Waals surface area contributed by atoms with Crippen LogP contribution in [0.15, 0.2) is 94.7 Å². The quantitative estimate of drug-likeness (QED) is 0.0772. The molecule has 5 rings (SSSR count). The van der Waals surface area contributed by atoms with Gasteiger partial charge in [0.1, 0.15) is 0 Å². The van der Waals surface area contributed by atoms with Crippen molar-refractivity contribution in [3.05, 3.63) is 112 Å². The van der Waals surface area contributed by atoms with Crippen molar-refractivity contribution in [2.24, 2.45) is 0 Å². The van der Waals surface area contributed by atoms with Gasteiger partial charge in [-0.15, -0.1) is 0 Å². The van der Waals surface area contributed by atoms with E-state index < -0.39 is 5.44 Å². The van der Waals surface area contributed by atoms with Gasteiger partial charge < -0.3 is 0 Å². The molecule has 0 spiro atoms. The van der Waals surface area contributed by atoms with Gasteiger partial charge in [0.2, 0.25) is 0 Å². The molecule has 204 valence electrons. The van der Waals surface area contributed by atoms with Gasteiger partial charge in [-0.3, -0.25) is 0 Å². The minimum atomic E-state index is -0.405. The van der Waals surface area contributed by atoms with Crippen molar-refractivity contribution in [3.63, 3.8) is 0 Å². The first-order chi connectivity index (χ1) is 18.9. The second-order valence-electron chi connectivity index (χ2n) is 9.30. The molecule has 4 aromatic carbocycles. The van der Waals surface area contributed by atoms with E-state index in [-0.39, 0.29) is 47.5 Å². The Bertz CT molecular complexity index is 1450. The van der Waals surface area contributed by atoms with Gasteiger partial charge in [-0.05, 0) is 0 Å². The first kappa shape index (κ1) is 32.2. The van der Waals surface area contributed by atoms with Crippen LogP contribution in [0.1, 0.15) is 16.7 Å². The molecule has 1 aliphatic heterocycles. The molecule has 1 saturated heterocycles. The number of anilines is 2. The Morgan fingerprint density at radius 1 is 0.850 bits per heavy atom. The normalized spacial score (nSPS) is 14.1. The average molecular weight is 821 g/mol. The van der Waals surface area contributed by atoms with Crippen LogP contribution in [0.5, 0.6) is 5.75 Å². The molecule has 1 atom stereocenters. The smallest absolute Gasteiger partial charge is 0 e. The molecule has 0 unspecified atom stereocenters. The molecule has 1 aliphatic rings. The Morgan fingerprint density at radius 2 is 1.38 bits per heavy atom. The Morgan fingerprint density at radius 3 is 1.95 bits per heavy atom. The van der Waals surface area contributed by atoms with Gasteiger partial charge >= 0.3 is 262 Å². The molecule has 0 aliphatic carbocycles. The van der Waals surface area contributed by atoms with Crippen molar-refractivity contribution in [2.75, 3.05) is 22.9 Å². The van der Waals surface area contributed by atoms with E-state index in [1.165, 1.54) is 34.3 Å². The van der Waals surface area contributed by atoms with Crippen LogP contribution in [0.2, 0.25) is 10.0 Å². The molecular formula is C31H27Cl2N2OPrRuS2. The number of para-hydroxylation sites is 3. The van der Waals surface area contributed by atoms with Crippen molar-refractivity contribution in [1.82, 2.24) is 0 Å². The van der Waals surface area contributed by atoms with Crippen LogP contribution in [-0.2, 0) is 30.5 Å². The number of halogens is 2. The fourth-order valence-corrected chi connectivity index (χ4v) is 7.42. The van der Waals surface area contributed by atoms with E-state index in [1.54, 1.807) is 12.1 Å². The third kappa shape index (κ3) is 6.91. The van der Waals surface area contributed by atoms with Gasteiger partial charge in [0.05, 0.1) is 0 Å². The minimum Gasteiger partial charge on any atom is 0 e. The summed E-state index contributed by atoms with van der Waals surface area (Å²) in [6.07, 6.45) is -0.166. The molecule has 9 heteroatoms. The predicted octanol–water partition coefficient (Wildman–Crippen LogP) is 8.06.